The predicted octanol–water partition coefficient (Wildman–Crippen LogP) is 4.43. The van der Waals surface area contributed by atoms with Crippen LogP contribution in [0.3, 0.4) is 0 Å². The summed E-state index contributed by atoms with van der Waals surface area (Å²) in [5, 5.41) is 4.57. The van der Waals surface area contributed by atoms with Crippen molar-refractivity contribution in [3.05, 3.63) is 52.3 Å². The van der Waals surface area contributed by atoms with Crippen LogP contribution in [0.5, 0.6) is 11.5 Å². The third kappa shape index (κ3) is 3.42. The highest BCUT2D eigenvalue weighted by atomic mass is 35.5. The number of rotatable bonds is 5. The number of nitrogens with zero attached hydrogens (tertiary/aromatic N) is 1. The van der Waals surface area contributed by atoms with Crippen LogP contribution in [0.25, 0.3) is 0 Å². The molecule has 1 aliphatic rings. The van der Waals surface area contributed by atoms with Gasteiger partial charge in [-0.3, -0.25) is 4.98 Å². The van der Waals surface area contributed by atoms with Gasteiger partial charge in [0.15, 0.2) is 0 Å². The number of pyridine rings is 1. The molecule has 0 unspecified atom stereocenters. The first-order valence-corrected chi connectivity index (χ1v) is 7.27. The van der Waals surface area contributed by atoms with Gasteiger partial charge in [0, 0.05) is 41.6 Å². The van der Waals surface area contributed by atoms with Crippen LogP contribution in [-0.4, -0.2) is 11.0 Å². The van der Waals surface area contributed by atoms with E-state index in [1.165, 1.54) is 12.8 Å². The van der Waals surface area contributed by atoms with E-state index in [-0.39, 0.29) is 0 Å². The van der Waals surface area contributed by atoms with E-state index in [1.54, 1.807) is 24.4 Å². The van der Waals surface area contributed by atoms with Crippen molar-refractivity contribution in [1.82, 2.24) is 10.3 Å². The molecule has 3 nitrogen and oxygen atoms in total. The summed E-state index contributed by atoms with van der Waals surface area (Å²) in [4.78, 5) is 4.15. The van der Waals surface area contributed by atoms with Crippen LogP contribution in [0.1, 0.15) is 18.4 Å². The molecule has 0 bridgehead atoms. The molecule has 1 aromatic carbocycles. The molecule has 20 heavy (non-hydrogen) atoms. The Hall–Kier alpha value is -1.29. The molecule has 5 heteroatoms. The standard InChI is InChI=1S/C15H14Cl2N2O/c16-11-1-4-13(17)15(7-11)20-14-5-6-18-8-10(14)9-19-12-2-3-12/h1,4-8,12,19H,2-3,9H2. The second kappa shape index (κ2) is 6.00. The van der Waals surface area contributed by atoms with Crippen LogP contribution >= 0.6 is 23.2 Å². The maximum atomic E-state index is 6.12. The Labute approximate surface area is 127 Å². The maximum absolute atomic E-state index is 6.12. The van der Waals surface area contributed by atoms with Crippen molar-refractivity contribution in [3.63, 3.8) is 0 Å². The van der Waals surface area contributed by atoms with Gasteiger partial charge in [0.1, 0.15) is 11.5 Å². The fourth-order valence-electron chi connectivity index (χ4n) is 1.86. The van der Waals surface area contributed by atoms with E-state index < -0.39 is 0 Å². The summed E-state index contributed by atoms with van der Waals surface area (Å²) in [6.07, 6.45) is 6.00. The van der Waals surface area contributed by atoms with E-state index in [0.717, 1.165) is 17.9 Å². The van der Waals surface area contributed by atoms with Crippen LogP contribution in [0.15, 0.2) is 36.7 Å². The molecule has 1 N–H and O–H groups in total. The van der Waals surface area contributed by atoms with Crippen molar-refractivity contribution in [3.8, 4) is 11.5 Å². The van der Waals surface area contributed by atoms with Gasteiger partial charge in [-0.2, -0.15) is 0 Å². The summed E-state index contributed by atoms with van der Waals surface area (Å²) in [6.45, 7) is 0.742. The Balaban J connectivity index is 1.80. The van der Waals surface area contributed by atoms with Crippen molar-refractivity contribution in [2.45, 2.75) is 25.4 Å². The third-order valence-corrected chi connectivity index (χ3v) is 3.68. The Morgan fingerprint density at radius 2 is 2.05 bits per heavy atom. The normalized spacial score (nSPS) is 14.3. The van der Waals surface area contributed by atoms with Crippen molar-refractivity contribution in [2.24, 2.45) is 0 Å². The molecule has 0 spiro atoms. The highest BCUT2D eigenvalue weighted by molar-refractivity contribution is 6.34. The van der Waals surface area contributed by atoms with Crippen molar-refractivity contribution in [1.29, 1.82) is 0 Å². The number of hydrogen-bond acceptors (Lipinski definition) is 3. The molecular weight excluding hydrogens is 295 g/mol. The Morgan fingerprint density at radius 1 is 1.20 bits per heavy atom. The number of halogens is 2. The molecule has 2 aromatic rings. The summed E-state index contributed by atoms with van der Waals surface area (Å²) in [5.74, 6) is 1.30. The minimum Gasteiger partial charge on any atom is -0.455 e. The average molecular weight is 309 g/mol. The van der Waals surface area contributed by atoms with E-state index in [1.807, 2.05) is 12.3 Å². The molecule has 0 amide bonds. The summed E-state index contributed by atoms with van der Waals surface area (Å²) in [6, 6.07) is 7.64. The molecule has 0 saturated heterocycles. The first-order chi connectivity index (χ1) is 9.72. The minimum absolute atomic E-state index is 0.535. The molecule has 0 radical (unpaired) electrons. The van der Waals surface area contributed by atoms with Gasteiger partial charge < -0.3 is 10.1 Å². The molecule has 0 atom stereocenters. The molecule has 0 aliphatic heterocycles. The fraction of sp³-hybridized carbons (Fsp3) is 0.267. The molecule has 3 rings (SSSR count). The first-order valence-electron chi connectivity index (χ1n) is 6.51. The van der Waals surface area contributed by atoms with E-state index in [4.69, 9.17) is 27.9 Å². The van der Waals surface area contributed by atoms with Gasteiger partial charge in [-0.25, -0.2) is 0 Å². The van der Waals surface area contributed by atoms with Crippen molar-refractivity contribution < 1.29 is 4.74 Å². The van der Waals surface area contributed by atoms with Gasteiger partial charge in [0.05, 0.1) is 5.02 Å². The largest absolute Gasteiger partial charge is 0.455 e. The molecule has 1 aliphatic carbocycles. The lowest BCUT2D eigenvalue weighted by atomic mass is 10.2. The summed E-state index contributed by atoms with van der Waals surface area (Å²) in [7, 11) is 0. The van der Waals surface area contributed by atoms with Crippen LogP contribution in [-0.2, 0) is 6.54 Å². The SMILES string of the molecule is Clc1ccc(Cl)c(Oc2ccncc2CNC2CC2)c1. The van der Waals surface area contributed by atoms with Crippen LogP contribution < -0.4 is 10.1 Å². The summed E-state index contributed by atoms with van der Waals surface area (Å²) >= 11 is 12.1. The topological polar surface area (TPSA) is 34.1 Å². The summed E-state index contributed by atoms with van der Waals surface area (Å²) in [5.41, 5.74) is 1.01. The van der Waals surface area contributed by atoms with Gasteiger partial charge >= 0.3 is 0 Å². The highest BCUT2D eigenvalue weighted by Gasteiger charge is 2.20. The van der Waals surface area contributed by atoms with Crippen molar-refractivity contribution in [2.75, 3.05) is 0 Å². The number of ether oxygens (including phenoxy) is 1. The van der Waals surface area contributed by atoms with Gasteiger partial charge in [0.25, 0.3) is 0 Å². The third-order valence-electron chi connectivity index (χ3n) is 3.13. The lowest BCUT2D eigenvalue weighted by Crippen LogP contribution is -2.15. The maximum Gasteiger partial charge on any atom is 0.147 e. The van der Waals surface area contributed by atoms with Crippen molar-refractivity contribution >= 4 is 23.2 Å². The molecule has 1 aromatic heterocycles. The molecular formula is C15H14Cl2N2O. The molecule has 104 valence electrons. The van der Waals surface area contributed by atoms with Gasteiger partial charge in [0.2, 0.25) is 0 Å². The zero-order chi connectivity index (χ0) is 13.9. The Kier molecular flexibility index (Phi) is 4.10. The zero-order valence-electron chi connectivity index (χ0n) is 10.8. The number of nitrogens with one attached hydrogen (secondary N) is 1. The van der Waals surface area contributed by atoms with Gasteiger partial charge in [-0.15, -0.1) is 0 Å². The number of benzene rings is 1. The first kappa shape index (κ1) is 13.7. The Morgan fingerprint density at radius 3 is 2.85 bits per heavy atom. The monoisotopic (exact) mass is 308 g/mol. The fourth-order valence-corrected chi connectivity index (χ4v) is 2.18. The van der Waals surface area contributed by atoms with Crippen LogP contribution in [0, 0.1) is 0 Å². The number of aromatic nitrogens is 1. The average Bonchev–Trinajstić information content (AvgIpc) is 3.26. The van der Waals surface area contributed by atoms with E-state index in [9.17, 15) is 0 Å². The molecule has 1 fully saturated rings. The zero-order valence-corrected chi connectivity index (χ0v) is 12.3. The van der Waals surface area contributed by atoms with Gasteiger partial charge in [-0.1, -0.05) is 23.2 Å². The van der Waals surface area contributed by atoms with Crippen LogP contribution in [0.4, 0.5) is 0 Å². The lowest BCUT2D eigenvalue weighted by molar-refractivity contribution is 0.471. The molecule has 1 saturated carbocycles. The quantitative estimate of drug-likeness (QED) is 0.887. The van der Waals surface area contributed by atoms with E-state index in [2.05, 4.69) is 10.3 Å². The summed E-state index contributed by atoms with van der Waals surface area (Å²) < 4.78 is 5.88. The second-order valence-electron chi connectivity index (χ2n) is 4.82. The number of hydrogen-bond donors (Lipinski definition) is 1. The van der Waals surface area contributed by atoms with Crippen LogP contribution in [0.2, 0.25) is 10.0 Å². The predicted molar refractivity (Wildman–Crippen MR) is 80.6 cm³/mol. The molecule has 1 heterocycles. The lowest BCUT2D eigenvalue weighted by Gasteiger charge is -2.12. The minimum atomic E-state index is 0.535. The van der Waals surface area contributed by atoms with E-state index in [0.29, 0.717) is 21.8 Å². The smallest absolute Gasteiger partial charge is 0.147 e. The van der Waals surface area contributed by atoms with Gasteiger partial charge in [-0.05, 0) is 31.0 Å². The highest BCUT2D eigenvalue weighted by Crippen LogP contribution is 2.33. The van der Waals surface area contributed by atoms with E-state index >= 15 is 0 Å². The Bertz CT molecular complexity index is 615. The second-order valence-corrected chi connectivity index (χ2v) is 5.66.